The van der Waals surface area contributed by atoms with Crippen molar-refractivity contribution in [2.45, 2.75) is 12.5 Å². The number of carboxylic acids is 1. The normalized spacial score (nSPS) is 18.9. The van der Waals surface area contributed by atoms with Gasteiger partial charge >= 0.3 is 5.97 Å². The van der Waals surface area contributed by atoms with Gasteiger partial charge in [-0.2, -0.15) is 11.8 Å². The fourth-order valence-electron chi connectivity index (χ4n) is 2.10. The highest BCUT2D eigenvalue weighted by Crippen LogP contribution is 2.28. The number of benzene rings is 1. The van der Waals surface area contributed by atoms with Crippen LogP contribution in [-0.4, -0.2) is 35.7 Å². The summed E-state index contributed by atoms with van der Waals surface area (Å²) in [5, 5.41) is 8.54. The molecule has 1 atom stereocenters. The Hall–Kier alpha value is -1.49. The molecule has 1 unspecified atom stereocenters. The second-order valence-electron chi connectivity index (χ2n) is 4.51. The minimum atomic E-state index is -1.04. The summed E-state index contributed by atoms with van der Waals surface area (Å²) in [7, 11) is 1.90. The van der Waals surface area contributed by atoms with Crippen molar-refractivity contribution in [3.63, 3.8) is 0 Å². The molecule has 0 aromatic heterocycles. The van der Waals surface area contributed by atoms with Crippen molar-refractivity contribution < 1.29 is 14.3 Å². The summed E-state index contributed by atoms with van der Waals surface area (Å²) in [5.41, 5.74) is 1.12. The molecule has 0 radical (unpaired) electrons. The summed E-state index contributed by atoms with van der Waals surface area (Å²) in [6, 6.07) is 5.18. The highest BCUT2D eigenvalue weighted by atomic mass is 32.2. The highest BCUT2D eigenvalue weighted by Gasteiger charge is 2.22. The van der Waals surface area contributed by atoms with Gasteiger partial charge in [0.1, 0.15) is 5.82 Å². The van der Waals surface area contributed by atoms with Crippen LogP contribution < -0.4 is 4.90 Å². The zero-order chi connectivity index (χ0) is 13.8. The molecule has 1 fully saturated rings. The smallest absolute Gasteiger partial charge is 0.328 e. The standard InChI is InChI=1S/C14H16FNO2S/c1-16(11-6-7-19-9-11)13-4-2-10(8-12(13)15)3-5-14(17)18/h2-5,8,11H,6-7,9H2,1H3,(H,17,18)/b5-3+. The quantitative estimate of drug-likeness (QED) is 0.862. The monoisotopic (exact) mass is 281 g/mol. The van der Waals surface area contributed by atoms with Gasteiger partial charge in [0.25, 0.3) is 0 Å². The molecule has 1 aromatic rings. The van der Waals surface area contributed by atoms with Gasteiger partial charge < -0.3 is 10.0 Å². The molecule has 0 bridgehead atoms. The summed E-state index contributed by atoms with van der Waals surface area (Å²) < 4.78 is 14.0. The number of rotatable bonds is 4. The predicted molar refractivity (Wildman–Crippen MR) is 77.2 cm³/mol. The molecule has 102 valence electrons. The van der Waals surface area contributed by atoms with E-state index in [0.717, 1.165) is 24.0 Å². The first-order chi connectivity index (χ1) is 9.08. The van der Waals surface area contributed by atoms with E-state index in [9.17, 15) is 9.18 Å². The first kappa shape index (κ1) is 13.9. The Bertz CT molecular complexity index is 498. The van der Waals surface area contributed by atoms with E-state index in [0.29, 0.717) is 17.3 Å². The zero-order valence-corrected chi connectivity index (χ0v) is 11.5. The number of nitrogens with zero attached hydrogens (tertiary/aromatic N) is 1. The van der Waals surface area contributed by atoms with Crippen LogP contribution >= 0.6 is 11.8 Å². The van der Waals surface area contributed by atoms with Gasteiger partial charge in [-0.25, -0.2) is 9.18 Å². The van der Waals surface area contributed by atoms with E-state index >= 15 is 0 Å². The molecule has 1 aliphatic heterocycles. The number of thioether (sulfide) groups is 1. The Kier molecular flexibility index (Phi) is 4.47. The van der Waals surface area contributed by atoms with Crippen LogP contribution in [0, 0.1) is 5.82 Å². The lowest BCUT2D eigenvalue weighted by atomic mass is 10.1. The molecule has 5 heteroatoms. The molecule has 0 aliphatic carbocycles. The van der Waals surface area contributed by atoms with Gasteiger partial charge in [0.2, 0.25) is 0 Å². The summed E-state index contributed by atoms with van der Waals surface area (Å²) in [4.78, 5) is 12.4. The minimum absolute atomic E-state index is 0.313. The molecule has 0 saturated carbocycles. The number of aliphatic carboxylic acids is 1. The van der Waals surface area contributed by atoms with Crippen molar-refractivity contribution in [1.29, 1.82) is 0 Å². The Morgan fingerprint density at radius 3 is 2.95 bits per heavy atom. The number of carbonyl (C=O) groups is 1. The average Bonchev–Trinajstić information content (AvgIpc) is 2.89. The number of anilines is 1. The number of hydrogen-bond donors (Lipinski definition) is 1. The lowest BCUT2D eigenvalue weighted by Gasteiger charge is -2.26. The third-order valence-corrected chi connectivity index (χ3v) is 4.37. The van der Waals surface area contributed by atoms with Crippen LogP contribution in [0.25, 0.3) is 6.08 Å². The van der Waals surface area contributed by atoms with Crippen molar-refractivity contribution in [3.8, 4) is 0 Å². The molecule has 2 rings (SSSR count). The zero-order valence-electron chi connectivity index (χ0n) is 10.7. The fourth-order valence-corrected chi connectivity index (χ4v) is 3.37. The second kappa shape index (κ2) is 6.10. The van der Waals surface area contributed by atoms with Crippen molar-refractivity contribution in [2.75, 3.05) is 23.5 Å². The average molecular weight is 281 g/mol. The molecule has 3 nitrogen and oxygen atoms in total. The van der Waals surface area contributed by atoms with Gasteiger partial charge in [0.15, 0.2) is 0 Å². The van der Waals surface area contributed by atoms with E-state index < -0.39 is 5.97 Å². The van der Waals surface area contributed by atoms with Crippen LogP contribution in [0.2, 0.25) is 0 Å². The maximum atomic E-state index is 14.0. The van der Waals surface area contributed by atoms with Crippen LogP contribution in [0.3, 0.4) is 0 Å². The molecule has 0 amide bonds. The highest BCUT2D eigenvalue weighted by molar-refractivity contribution is 7.99. The molecule has 1 heterocycles. The van der Waals surface area contributed by atoms with Crippen molar-refractivity contribution in [1.82, 2.24) is 0 Å². The molecule has 19 heavy (non-hydrogen) atoms. The summed E-state index contributed by atoms with van der Waals surface area (Å²) in [6.45, 7) is 0. The number of hydrogen-bond acceptors (Lipinski definition) is 3. The van der Waals surface area contributed by atoms with Gasteiger partial charge in [0, 0.05) is 24.9 Å². The predicted octanol–water partition coefficient (Wildman–Crippen LogP) is 2.87. The number of carboxylic acid groups (broad SMARTS) is 1. The second-order valence-corrected chi connectivity index (χ2v) is 5.66. The van der Waals surface area contributed by atoms with E-state index in [4.69, 9.17) is 5.11 Å². The van der Waals surface area contributed by atoms with Crippen LogP contribution in [0.4, 0.5) is 10.1 Å². The third kappa shape index (κ3) is 3.50. The summed E-state index contributed by atoms with van der Waals surface area (Å²) >= 11 is 1.88. The van der Waals surface area contributed by atoms with Crippen LogP contribution in [-0.2, 0) is 4.79 Å². The molecule has 1 aromatic carbocycles. The molecular formula is C14H16FNO2S. The van der Waals surface area contributed by atoms with E-state index in [1.165, 1.54) is 12.1 Å². The lowest BCUT2D eigenvalue weighted by molar-refractivity contribution is -0.131. The minimum Gasteiger partial charge on any atom is -0.478 e. The van der Waals surface area contributed by atoms with Gasteiger partial charge in [-0.15, -0.1) is 0 Å². The summed E-state index contributed by atoms with van der Waals surface area (Å²) in [5.74, 6) is 0.795. The van der Waals surface area contributed by atoms with E-state index in [2.05, 4.69) is 0 Å². The first-order valence-corrected chi connectivity index (χ1v) is 7.24. The molecule has 1 N–H and O–H groups in total. The lowest BCUT2D eigenvalue weighted by Crippen LogP contribution is -2.31. The maximum Gasteiger partial charge on any atom is 0.328 e. The van der Waals surface area contributed by atoms with Crippen molar-refractivity contribution in [3.05, 3.63) is 35.7 Å². The van der Waals surface area contributed by atoms with E-state index in [1.54, 1.807) is 12.1 Å². The Morgan fingerprint density at radius 1 is 1.58 bits per heavy atom. The van der Waals surface area contributed by atoms with Crippen LogP contribution in [0.15, 0.2) is 24.3 Å². The van der Waals surface area contributed by atoms with Gasteiger partial charge in [-0.05, 0) is 35.9 Å². The Balaban J connectivity index is 2.16. The summed E-state index contributed by atoms with van der Waals surface area (Å²) in [6.07, 6.45) is 3.47. The largest absolute Gasteiger partial charge is 0.478 e. The fraction of sp³-hybridized carbons (Fsp3) is 0.357. The van der Waals surface area contributed by atoms with Crippen molar-refractivity contribution in [2.24, 2.45) is 0 Å². The topological polar surface area (TPSA) is 40.5 Å². The SMILES string of the molecule is CN(c1ccc(/C=C/C(=O)O)cc1F)C1CCSC1. The van der Waals surface area contributed by atoms with E-state index in [-0.39, 0.29) is 5.82 Å². The molecule has 1 saturated heterocycles. The first-order valence-electron chi connectivity index (χ1n) is 6.09. The van der Waals surface area contributed by atoms with Crippen LogP contribution in [0.1, 0.15) is 12.0 Å². The van der Waals surface area contributed by atoms with Crippen molar-refractivity contribution >= 4 is 29.5 Å². The van der Waals surface area contributed by atoms with E-state index in [1.807, 2.05) is 23.7 Å². The van der Waals surface area contributed by atoms with Gasteiger partial charge in [-0.1, -0.05) is 6.07 Å². The molecule has 1 aliphatic rings. The molecular weight excluding hydrogens is 265 g/mol. The molecule has 0 spiro atoms. The Morgan fingerprint density at radius 2 is 2.37 bits per heavy atom. The van der Waals surface area contributed by atoms with Gasteiger partial charge in [0.05, 0.1) is 5.69 Å². The third-order valence-electron chi connectivity index (χ3n) is 3.22. The van der Waals surface area contributed by atoms with Crippen LogP contribution in [0.5, 0.6) is 0 Å². The number of halogens is 1. The van der Waals surface area contributed by atoms with Gasteiger partial charge in [-0.3, -0.25) is 0 Å². The Labute approximate surface area is 116 Å². The maximum absolute atomic E-state index is 14.0.